The van der Waals surface area contributed by atoms with Crippen LogP contribution in [0.4, 0.5) is 4.79 Å². The highest BCUT2D eigenvalue weighted by atomic mass is 16.4. The van der Waals surface area contributed by atoms with Gasteiger partial charge in [0, 0.05) is 31.3 Å². The van der Waals surface area contributed by atoms with Gasteiger partial charge in [-0.15, -0.1) is 0 Å². The Morgan fingerprint density at radius 1 is 1.33 bits per heavy atom. The minimum absolute atomic E-state index is 0.0761. The summed E-state index contributed by atoms with van der Waals surface area (Å²) in [5, 5.41) is 10.8. The van der Waals surface area contributed by atoms with Gasteiger partial charge in [0.05, 0.1) is 13.0 Å². The number of aromatic nitrogens is 1. The molecule has 0 radical (unpaired) electrons. The van der Waals surface area contributed by atoms with Gasteiger partial charge in [0.25, 0.3) is 5.56 Å². The number of imide groups is 1. The smallest absolute Gasteiger partial charge is 0.324 e. The van der Waals surface area contributed by atoms with Crippen molar-refractivity contribution in [3.8, 4) is 0 Å². The second-order valence-corrected chi connectivity index (χ2v) is 4.70. The van der Waals surface area contributed by atoms with E-state index in [4.69, 9.17) is 5.11 Å². The molecule has 21 heavy (non-hydrogen) atoms. The van der Waals surface area contributed by atoms with Crippen LogP contribution in [0.15, 0.2) is 23.1 Å². The third-order valence-corrected chi connectivity index (χ3v) is 3.17. The number of urea groups is 1. The number of amides is 3. The van der Waals surface area contributed by atoms with Crippen LogP contribution in [-0.4, -0.2) is 39.0 Å². The third kappa shape index (κ3) is 3.68. The van der Waals surface area contributed by atoms with Crippen LogP contribution in [0.5, 0.6) is 0 Å². The fraction of sp³-hybridized carbons (Fsp3) is 0.385. The van der Waals surface area contributed by atoms with Crippen LogP contribution in [-0.2, 0) is 22.7 Å². The summed E-state index contributed by atoms with van der Waals surface area (Å²) in [7, 11) is 0. The molecule has 112 valence electrons. The number of nitrogens with one attached hydrogen (secondary N) is 1. The average Bonchev–Trinajstić information content (AvgIpc) is 2.42. The summed E-state index contributed by atoms with van der Waals surface area (Å²) in [6.45, 7) is 0.423. The van der Waals surface area contributed by atoms with E-state index in [9.17, 15) is 19.2 Å². The van der Waals surface area contributed by atoms with E-state index in [1.54, 1.807) is 12.1 Å². The van der Waals surface area contributed by atoms with Crippen LogP contribution < -0.4 is 10.9 Å². The van der Waals surface area contributed by atoms with Gasteiger partial charge in [-0.05, 0) is 6.07 Å². The lowest BCUT2D eigenvalue weighted by molar-refractivity contribution is -0.137. The van der Waals surface area contributed by atoms with Gasteiger partial charge >= 0.3 is 12.0 Å². The molecule has 8 heteroatoms. The van der Waals surface area contributed by atoms with Crippen LogP contribution in [0.3, 0.4) is 0 Å². The Bertz CT molecular complexity index is 637. The average molecular weight is 293 g/mol. The molecule has 1 aliphatic heterocycles. The number of aliphatic carboxylic acids is 1. The minimum atomic E-state index is -0.985. The number of rotatable bonds is 5. The normalized spacial score (nSPS) is 15.0. The first-order valence-corrected chi connectivity index (χ1v) is 6.46. The van der Waals surface area contributed by atoms with Crippen molar-refractivity contribution in [3.05, 3.63) is 34.2 Å². The zero-order valence-electron chi connectivity index (χ0n) is 11.2. The van der Waals surface area contributed by atoms with Gasteiger partial charge in [0.1, 0.15) is 0 Å². The monoisotopic (exact) mass is 293 g/mol. The Labute approximate surface area is 120 Å². The largest absolute Gasteiger partial charge is 0.481 e. The minimum Gasteiger partial charge on any atom is -0.481 e. The van der Waals surface area contributed by atoms with E-state index in [0.29, 0.717) is 5.56 Å². The number of aryl methyl sites for hydroxylation is 1. The quantitative estimate of drug-likeness (QED) is 0.779. The number of carbonyl (C=O) groups is 3. The fourth-order valence-electron chi connectivity index (χ4n) is 2.05. The topological polar surface area (TPSA) is 109 Å². The number of hydrogen-bond donors (Lipinski definition) is 2. The number of carboxylic acids is 1. The summed E-state index contributed by atoms with van der Waals surface area (Å²) in [6, 6.07) is 2.70. The van der Waals surface area contributed by atoms with Crippen LogP contribution in [0.1, 0.15) is 18.4 Å². The van der Waals surface area contributed by atoms with Gasteiger partial charge in [-0.2, -0.15) is 0 Å². The molecule has 8 nitrogen and oxygen atoms in total. The molecule has 1 aromatic rings. The Morgan fingerprint density at radius 3 is 2.76 bits per heavy atom. The summed E-state index contributed by atoms with van der Waals surface area (Å²) in [5.74, 6) is -1.32. The van der Waals surface area contributed by atoms with Crippen molar-refractivity contribution in [1.82, 2.24) is 14.8 Å². The molecule has 0 saturated carbocycles. The van der Waals surface area contributed by atoms with Crippen molar-refractivity contribution >= 4 is 17.9 Å². The van der Waals surface area contributed by atoms with Gasteiger partial charge in [-0.1, -0.05) is 6.07 Å². The molecule has 1 aromatic heterocycles. The maximum atomic E-state index is 12.2. The van der Waals surface area contributed by atoms with Crippen LogP contribution in [0, 0.1) is 0 Å². The molecule has 0 spiro atoms. The highest BCUT2D eigenvalue weighted by Gasteiger charge is 2.23. The predicted octanol–water partition coefficient (Wildman–Crippen LogP) is -0.235. The van der Waals surface area contributed by atoms with Gasteiger partial charge < -0.3 is 14.6 Å². The van der Waals surface area contributed by atoms with Gasteiger partial charge in [0.2, 0.25) is 5.91 Å². The highest BCUT2D eigenvalue weighted by molar-refractivity contribution is 5.96. The summed E-state index contributed by atoms with van der Waals surface area (Å²) in [6.07, 6.45) is 1.56. The molecule has 2 heterocycles. The summed E-state index contributed by atoms with van der Waals surface area (Å²) >= 11 is 0. The molecular formula is C13H15N3O5. The molecule has 0 unspecified atom stereocenters. The zero-order valence-corrected chi connectivity index (χ0v) is 11.2. The molecule has 1 aliphatic rings. The summed E-state index contributed by atoms with van der Waals surface area (Å²) < 4.78 is 1.30. The maximum Gasteiger partial charge on any atom is 0.324 e. The van der Waals surface area contributed by atoms with Crippen molar-refractivity contribution in [1.29, 1.82) is 0 Å². The first-order valence-electron chi connectivity index (χ1n) is 6.46. The first kappa shape index (κ1) is 14.8. The number of carboxylic acid groups (broad SMARTS) is 1. The molecule has 3 amide bonds. The second kappa shape index (κ2) is 6.21. The molecule has 0 aliphatic carbocycles. The molecule has 0 atom stereocenters. The molecule has 2 rings (SSSR count). The standard InChI is InChI=1S/C13H15N3O5/c17-10-3-6-16(13(21)14-10)8-9-2-1-5-15(12(9)20)7-4-11(18)19/h1-2,5H,3-4,6-8H2,(H,18,19)(H,14,17,21). The van der Waals surface area contributed by atoms with E-state index in [-0.39, 0.29) is 43.9 Å². The van der Waals surface area contributed by atoms with Crippen molar-refractivity contribution in [2.45, 2.75) is 25.9 Å². The lowest BCUT2D eigenvalue weighted by Gasteiger charge is -2.26. The van der Waals surface area contributed by atoms with E-state index in [0.717, 1.165) is 0 Å². The SMILES string of the molecule is O=C(O)CCn1cccc(CN2CCC(=O)NC2=O)c1=O. The van der Waals surface area contributed by atoms with E-state index >= 15 is 0 Å². The van der Waals surface area contributed by atoms with Crippen molar-refractivity contribution < 1.29 is 19.5 Å². The molecular weight excluding hydrogens is 278 g/mol. The zero-order chi connectivity index (χ0) is 15.4. The third-order valence-electron chi connectivity index (χ3n) is 3.17. The number of pyridine rings is 1. The Kier molecular flexibility index (Phi) is 4.36. The maximum absolute atomic E-state index is 12.2. The van der Waals surface area contributed by atoms with E-state index in [1.807, 2.05) is 0 Å². The van der Waals surface area contributed by atoms with E-state index in [2.05, 4.69) is 5.32 Å². The molecule has 2 N–H and O–H groups in total. The predicted molar refractivity (Wildman–Crippen MR) is 71.5 cm³/mol. The van der Waals surface area contributed by atoms with Crippen LogP contribution in [0.2, 0.25) is 0 Å². The highest BCUT2D eigenvalue weighted by Crippen LogP contribution is 2.05. The van der Waals surface area contributed by atoms with Crippen molar-refractivity contribution in [2.75, 3.05) is 6.54 Å². The van der Waals surface area contributed by atoms with Crippen LogP contribution >= 0.6 is 0 Å². The van der Waals surface area contributed by atoms with E-state index < -0.39 is 12.0 Å². The van der Waals surface area contributed by atoms with Crippen molar-refractivity contribution in [3.63, 3.8) is 0 Å². The summed E-state index contributed by atoms with van der Waals surface area (Å²) in [4.78, 5) is 46.8. The number of nitrogens with zero attached hydrogens (tertiary/aromatic N) is 2. The summed E-state index contributed by atoms with van der Waals surface area (Å²) in [5.41, 5.74) is 0.0517. The Balaban J connectivity index is 2.11. The second-order valence-electron chi connectivity index (χ2n) is 4.70. The van der Waals surface area contributed by atoms with E-state index in [1.165, 1.54) is 15.7 Å². The molecule has 0 bridgehead atoms. The van der Waals surface area contributed by atoms with Gasteiger partial charge in [-0.25, -0.2) is 4.79 Å². The van der Waals surface area contributed by atoms with Gasteiger partial charge in [0.15, 0.2) is 0 Å². The first-order chi connectivity index (χ1) is 9.97. The number of hydrogen-bond acceptors (Lipinski definition) is 4. The van der Waals surface area contributed by atoms with Crippen LogP contribution in [0.25, 0.3) is 0 Å². The lowest BCUT2D eigenvalue weighted by Crippen LogP contribution is -2.49. The molecule has 1 fully saturated rings. The molecule has 0 aromatic carbocycles. The van der Waals surface area contributed by atoms with Gasteiger partial charge in [-0.3, -0.25) is 19.7 Å². The Hall–Kier alpha value is -2.64. The Morgan fingerprint density at radius 2 is 2.10 bits per heavy atom. The molecule has 1 saturated heterocycles. The fourth-order valence-corrected chi connectivity index (χ4v) is 2.05. The van der Waals surface area contributed by atoms with Crippen molar-refractivity contribution in [2.24, 2.45) is 0 Å². The lowest BCUT2D eigenvalue weighted by atomic mass is 10.2. The number of carbonyl (C=O) groups excluding carboxylic acids is 2.